The van der Waals surface area contributed by atoms with Crippen molar-refractivity contribution in [1.29, 1.82) is 0 Å². The summed E-state index contributed by atoms with van der Waals surface area (Å²) in [5.74, 6) is 0.0634. The second-order valence-corrected chi connectivity index (χ2v) is 6.07. The molecule has 25 heavy (non-hydrogen) atoms. The summed E-state index contributed by atoms with van der Waals surface area (Å²) in [6.07, 6.45) is 1.93. The van der Waals surface area contributed by atoms with E-state index in [0.717, 1.165) is 5.56 Å². The van der Waals surface area contributed by atoms with E-state index in [1.54, 1.807) is 30.5 Å². The highest BCUT2D eigenvalue weighted by Gasteiger charge is 2.19. The number of halogens is 2. The molecule has 1 aromatic carbocycles. The van der Waals surface area contributed by atoms with Crippen LogP contribution in [0.2, 0.25) is 0 Å². The molecule has 3 aromatic heterocycles. The highest BCUT2D eigenvalue weighted by Crippen LogP contribution is 2.35. The Labute approximate surface area is 149 Å². The van der Waals surface area contributed by atoms with Crippen molar-refractivity contribution in [3.63, 3.8) is 0 Å². The molecule has 0 aliphatic heterocycles. The molecule has 0 fully saturated rings. The fourth-order valence-electron chi connectivity index (χ4n) is 2.44. The van der Waals surface area contributed by atoms with E-state index in [9.17, 15) is 9.50 Å². The molecular weight excluding hydrogens is 391 g/mol. The average molecular weight is 401 g/mol. The number of aromatic nitrogens is 4. The van der Waals surface area contributed by atoms with Gasteiger partial charge < -0.3 is 9.63 Å². The quantitative estimate of drug-likeness (QED) is 0.525. The fraction of sp³-hybridized carbons (Fsp3) is 0.0588. The predicted octanol–water partition coefficient (Wildman–Crippen LogP) is 3.88. The van der Waals surface area contributed by atoms with E-state index < -0.39 is 0 Å². The Bertz CT molecular complexity index is 1070. The van der Waals surface area contributed by atoms with Gasteiger partial charge in [-0.05, 0) is 45.8 Å². The van der Waals surface area contributed by atoms with Gasteiger partial charge in [0.25, 0.3) is 0 Å². The third kappa shape index (κ3) is 2.96. The lowest BCUT2D eigenvalue weighted by Crippen LogP contribution is -1.93. The summed E-state index contributed by atoms with van der Waals surface area (Å²) in [7, 11) is 0. The molecule has 4 aromatic rings. The first kappa shape index (κ1) is 15.6. The first-order chi connectivity index (χ1) is 12.1. The monoisotopic (exact) mass is 400 g/mol. The molecule has 0 amide bonds. The Morgan fingerprint density at radius 2 is 1.92 bits per heavy atom. The number of aromatic hydroxyl groups is 1. The van der Waals surface area contributed by atoms with E-state index in [2.05, 4.69) is 36.0 Å². The van der Waals surface area contributed by atoms with Crippen LogP contribution in [0.3, 0.4) is 0 Å². The first-order valence-corrected chi connectivity index (χ1v) is 8.11. The number of pyridine rings is 2. The van der Waals surface area contributed by atoms with Crippen LogP contribution >= 0.6 is 15.9 Å². The molecule has 1 N–H and O–H groups in total. The van der Waals surface area contributed by atoms with Crippen LogP contribution in [-0.4, -0.2) is 25.2 Å². The van der Waals surface area contributed by atoms with Crippen LogP contribution in [0.15, 0.2) is 51.7 Å². The minimum atomic E-state index is -0.308. The number of hydrogen-bond acceptors (Lipinski definition) is 6. The lowest BCUT2D eigenvalue weighted by atomic mass is 10.1. The molecule has 6 nitrogen and oxygen atoms in total. The van der Waals surface area contributed by atoms with Gasteiger partial charge in [0.15, 0.2) is 11.4 Å². The Balaban J connectivity index is 1.71. The van der Waals surface area contributed by atoms with Gasteiger partial charge >= 0.3 is 0 Å². The summed E-state index contributed by atoms with van der Waals surface area (Å²) in [6.45, 7) is 0. The predicted molar refractivity (Wildman–Crippen MR) is 91.4 cm³/mol. The molecule has 3 heterocycles. The number of fused-ring (bicyclic) bond motifs is 1. The molecule has 0 saturated heterocycles. The number of rotatable bonds is 3. The molecule has 4 rings (SSSR count). The Morgan fingerprint density at radius 3 is 2.72 bits per heavy atom. The molecule has 0 saturated carbocycles. The summed E-state index contributed by atoms with van der Waals surface area (Å²) in [5.41, 5.74) is 1.39. The van der Waals surface area contributed by atoms with Crippen molar-refractivity contribution in [2.24, 2.45) is 0 Å². The molecule has 0 aliphatic rings. The van der Waals surface area contributed by atoms with Crippen LogP contribution in [0.5, 0.6) is 5.75 Å². The maximum absolute atomic E-state index is 13.0. The number of hydrogen-bond donors (Lipinski definition) is 1. The third-order valence-electron chi connectivity index (χ3n) is 3.64. The van der Waals surface area contributed by atoms with Gasteiger partial charge in [0.1, 0.15) is 15.9 Å². The lowest BCUT2D eigenvalue weighted by Gasteiger charge is -2.05. The topological polar surface area (TPSA) is 84.9 Å². The average Bonchev–Trinajstić information content (AvgIpc) is 3.08. The van der Waals surface area contributed by atoms with Crippen molar-refractivity contribution in [3.8, 4) is 17.3 Å². The van der Waals surface area contributed by atoms with Gasteiger partial charge in [-0.25, -0.2) is 9.37 Å². The first-order valence-electron chi connectivity index (χ1n) is 7.32. The van der Waals surface area contributed by atoms with E-state index in [1.165, 1.54) is 12.1 Å². The van der Waals surface area contributed by atoms with Crippen LogP contribution < -0.4 is 0 Å². The molecule has 0 aliphatic carbocycles. The molecule has 124 valence electrons. The number of benzene rings is 1. The van der Waals surface area contributed by atoms with Crippen molar-refractivity contribution >= 4 is 26.8 Å². The summed E-state index contributed by atoms with van der Waals surface area (Å²) in [5, 5.41) is 15.0. The summed E-state index contributed by atoms with van der Waals surface area (Å²) in [6, 6.07) is 9.57. The second-order valence-electron chi connectivity index (χ2n) is 5.31. The van der Waals surface area contributed by atoms with Gasteiger partial charge in [-0.2, -0.15) is 4.98 Å². The van der Waals surface area contributed by atoms with Gasteiger partial charge in [0.2, 0.25) is 11.7 Å². The van der Waals surface area contributed by atoms with E-state index in [1.807, 2.05) is 0 Å². The Hall–Kier alpha value is -2.87. The maximum Gasteiger partial charge on any atom is 0.231 e. The third-order valence-corrected chi connectivity index (χ3v) is 4.24. The van der Waals surface area contributed by atoms with Crippen LogP contribution in [-0.2, 0) is 6.42 Å². The van der Waals surface area contributed by atoms with Gasteiger partial charge in [0, 0.05) is 11.6 Å². The molecule has 0 atom stereocenters. The summed E-state index contributed by atoms with van der Waals surface area (Å²) < 4.78 is 18.7. The minimum absolute atomic E-state index is 0.118. The normalized spacial score (nSPS) is 11.1. The largest absolute Gasteiger partial charge is 0.504 e. The van der Waals surface area contributed by atoms with Gasteiger partial charge in [-0.15, -0.1) is 0 Å². The van der Waals surface area contributed by atoms with Gasteiger partial charge in [-0.1, -0.05) is 17.3 Å². The standard InChI is InChI=1S/C17H10BrFN4O2/c18-16-11-2-1-7-20-13(11)15(24)14(22-16)17-21-12(25-23-17)8-9-3-5-10(19)6-4-9/h1-7,24H,8H2. The van der Waals surface area contributed by atoms with Crippen LogP contribution in [0.1, 0.15) is 11.5 Å². The van der Waals surface area contributed by atoms with Crippen LogP contribution in [0, 0.1) is 5.82 Å². The van der Waals surface area contributed by atoms with Crippen LogP contribution in [0.4, 0.5) is 4.39 Å². The van der Waals surface area contributed by atoms with E-state index >= 15 is 0 Å². The summed E-state index contributed by atoms with van der Waals surface area (Å²) >= 11 is 3.36. The van der Waals surface area contributed by atoms with Gasteiger partial charge in [0.05, 0.1) is 6.42 Å². The highest BCUT2D eigenvalue weighted by molar-refractivity contribution is 9.10. The van der Waals surface area contributed by atoms with E-state index in [-0.39, 0.29) is 23.1 Å². The molecule has 0 radical (unpaired) electrons. The zero-order chi connectivity index (χ0) is 17.4. The summed E-state index contributed by atoms with van der Waals surface area (Å²) in [4.78, 5) is 12.7. The lowest BCUT2D eigenvalue weighted by molar-refractivity contribution is 0.385. The minimum Gasteiger partial charge on any atom is -0.504 e. The molecule has 8 heteroatoms. The Kier molecular flexibility index (Phi) is 3.89. The second kappa shape index (κ2) is 6.21. The van der Waals surface area contributed by atoms with Crippen molar-refractivity contribution in [1.82, 2.24) is 20.1 Å². The van der Waals surface area contributed by atoms with Gasteiger partial charge in [-0.3, -0.25) is 4.98 Å². The zero-order valence-corrected chi connectivity index (χ0v) is 14.2. The fourth-order valence-corrected chi connectivity index (χ4v) is 2.94. The smallest absolute Gasteiger partial charge is 0.231 e. The molecular formula is C17H10BrFN4O2. The van der Waals surface area contributed by atoms with E-state index in [0.29, 0.717) is 27.8 Å². The van der Waals surface area contributed by atoms with Crippen molar-refractivity contribution in [3.05, 3.63) is 64.5 Å². The van der Waals surface area contributed by atoms with Crippen molar-refractivity contribution in [2.45, 2.75) is 6.42 Å². The number of nitrogens with zero attached hydrogens (tertiary/aromatic N) is 4. The van der Waals surface area contributed by atoms with E-state index in [4.69, 9.17) is 4.52 Å². The van der Waals surface area contributed by atoms with Crippen molar-refractivity contribution < 1.29 is 14.0 Å². The maximum atomic E-state index is 13.0. The SMILES string of the molecule is Oc1c(-c2noc(Cc3ccc(F)cc3)n2)nc(Br)c2cccnc12. The zero-order valence-electron chi connectivity index (χ0n) is 12.6. The molecule has 0 bridgehead atoms. The molecule has 0 unspecified atom stereocenters. The van der Waals surface area contributed by atoms with Crippen molar-refractivity contribution in [2.75, 3.05) is 0 Å². The van der Waals surface area contributed by atoms with Crippen LogP contribution in [0.25, 0.3) is 22.4 Å². The highest BCUT2D eigenvalue weighted by atomic mass is 79.9. The Morgan fingerprint density at radius 1 is 1.12 bits per heavy atom. The molecule has 0 spiro atoms.